The molecule has 0 saturated heterocycles. The van der Waals surface area contributed by atoms with Crippen LogP contribution in [0.1, 0.15) is 252 Å². The van der Waals surface area contributed by atoms with Crippen LogP contribution in [-0.2, 0) is 23.8 Å². The fraction of sp³-hybridized carbons (Fsp3) is 0.960. The summed E-state index contributed by atoms with van der Waals surface area (Å²) < 4.78 is 20.2. The van der Waals surface area contributed by atoms with Crippen molar-refractivity contribution in [3.8, 4) is 0 Å². The monoisotopic (exact) mass is 806 g/mol. The first-order valence-corrected chi connectivity index (χ1v) is 25.4. The number of rotatable bonds is 39. The molecule has 336 valence electrons. The second-order valence-electron chi connectivity index (χ2n) is 18.3. The third-order valence-corrected chi connectivity index (χ3v) is 13.0. The molecule has 0 bridgehead atoms. The van der Waals surface area contributed by atoms with Gasteiger partial charge in [0.15, 0.2) is 0 Å². The average molecular weight is 806 g/mol. The number of carboxylic acids is 1. The van der Waals surface area contributed by atoms with E-state index in [-0.39, 0.29) is 42.1 Å². The highest BCUT2D eigenvalue weighted by Gasteiger charge is 2.43. The molecule has 57 heavy (non-hydrogen) atoms. The lowest BCUT2D eigenvalue weighted by Gasteiger charge is -2.41. The smallest absolute Gasteiger partial charge is 0.306 e. The number of carbonyl (C=O) groups excluding carboxylic acids is 1. The van der Waals surface area contributed by atoms with Gasteiger partial charge in [-0.2, -0.15) is 0 Å². The number of carbonyl (C=O) groups is 2. The van der Waals surface area contributed by atoms with Gasteiger partial charge in [0.2, 0.25) is 5.91 Å². The van der Waals surface area contributed by atoms with Crippen molar-refractivity contribution in [2.45, 2.75) is 276 Å². The topological polar surface area (TPSA) is 94.1 Å². The predicted molar refractivity (Wildman–Crippen MR) is 239 cm³/mol. The number of nitrogens with one attached hydrogen (secondary N) is 1. The van der Waals surface area contributed by atoms with E-state index in [0.717, 1.165) is 38.7 Å². The second kappa shape index (κ2) is 36.7. The molecule has 0 aromatic carbocycles. The Morgan fingerprint density at radius 3 is 1.09 bits per heavy atom. The molecule has 0 aliphatic heterocycles. The molecule has 2 unspecified atom stereocenters. The van der Waals surface area contributed by atoms with Crippen molar-refractivity contribution in [1.29, 1.82) is 0 Å². The number of carboxylic acid groups (broad SMARTS) is 1. The SMILES string of the molecule is CCCCCCCCCCCCOC1CC(C(=O)NC2CCC(C(=O)O)CC2)CC(OCCCCCCCCCCCC)C1OCCCCCCCCCCCC. The van der Waals surface area contributed by atoms with Crippen molar-refractivity contribution in [2.75, 3.05) is 19.8 Å². The summed E-state index contributed by atoms with van der Waals surface area (Å²) in [6, 6.07) is 0.0513. The Morgan fingerprint density at radius 1 is 0.439 bits per heavy atom. The first-order valence-electron chi connectivity index (χ1n) is 25.4. The summed E-state index contributed by atoms with van der Waals surface area (Å²) in [4.78, 5) is 25.4. The molecule has 2 aliphatic rings. The van der Waals surface area contributed by atoms with Gasteiger partial charge in [0.05, 0.1) is 18.1 Å². The molecule has 7 nitrogen and oxygen atoms in total. The van der Waals surface area contributed by atoms with Crippen LogP contribution in [0.4, 0.5) is 0 Å². The second-order valence-corrected chi connectivity index (χ2v) is 18.3. The van der Waals surface area contributed by atoms with Gasteiger partial charge in [-0.25, -0.2) is 0 Å². The highest BCUT2D eigenvalue weighted by atomic mass is 16.6. The summed E-state index contributed by atoms with van der Waals surface area (Å²) in [6.45, 7) is 8.97. The van der Waals surface area contributed by atoms with Crippen LogP contribution in [0.2, 0.25) is 0 Å². The van der Waals surface area contributed by atoms with E-state index in [2.05, 4.69) is 26.1 Å². The van der Waals surface area contributed by atoms with E-state index in [1.165, 1.54) is 173 Å². The molecule has 2 atom stereocenters. The summed E-state index contributed by atoms with van der Waals surface area (Å²) in [7, 11) is 0. The minimum atomic E-state index is -0.708. The molecular formula is C50H95NO6. The average Bonchev–Trinajstić information content (AvgIpc) is 3.21. The molecule has 0 spiro atoms. The predicted octanol–water partition coefficient (Wildman–Crippen LogP) is 14.1. The van der Waals surface area contributed by atoms with Gasteiger partial charge in [0.25, 0.3) is 0 Å². The maximum absolute atomic E-state index is 13.9. The molecule has 2 rings (SSSR count). The van der Waals surface area contributed by atoms with Gasteiger partial charge in [0, 0.05) is 31.8 Å². The number of aliphatic carboxylic acids is 1. The highest BCUT2D eigenvalue weighted by molar-refractivity contribution is 5.79. The van der Waals surface area contributed by atoms with Crippen LogP contribution in [0, 0.1) is 11.8 Å². The Hall–Kier alpha value is -1.18. The molecule has 2 aliphatic carbocycles. The third kappa shape index (κ3) is 26.6. The number of hydrogen-bond acceptors (Lipinski definition) is 5. The zero-order valence-electron chi connectivity index (χ0n) is 38.0. The van der Waals surface area contributed by atoms with Gasteiger partial charge in [0.1, 0.15) is 6.10 Å². The Bertz CT molecular complexity index is 886. The van der Waals surface area contributed by atoms with E-state index in [9.17, 15) is 14.7 Å². The van der Waals surface area contributed by atoms with E-state index < -0.39 is 5.97 Å². The molecule has 0 aromatic heterocycles. The highest BCUT2D eigenvalue weighted by Crippen LogP contribution is 2.33. The van der Waals surface area contributed by atoms with Crippen molar-refractivity contribution in [3.63, 3.8) is 0 Å². The molecule has 0 aromatic rings. The quantitative estimate of drug-likeness (QED) is 0.0601. The van der Waals surface area contributed by atoms with Crippen LogP contribution in [0.25, 0.3) is 0 Å². The van der Waals surface area contributed by atoms with Crippen LogP contribution in [0.15, 0.2) is 0 Å². The number of amides is 1. The van der Waals surface area contributed by atoms with Crippen LogP contribution in [-0.4, -0.2) is 61.2 Å². The lowest BCUT2D eigenvalue weighted by Crippen LogP contribution is -2.53. The van der Waals surface area contributed by atoms with Gasteiger partial charge < -0.3 is 24.6 Å². The van der Waals surface area contributed by atoms with Crippen molar-refractivity contribution >= 4 is 11.9 Å². The van der Waals surface area contributed by atoms with Crippen molar-refractivity contribution < 1.29 is 28.9 Å². The first-order chi connectivity index (χ1) is 28.0. The molecule has 2 saturated carbocycles. The number of ether oxygens (including phenoxy) is 3. The Morgan fingerprint density at radius 2 is 0.754 bits per heavy atom. The zero-order valence-corrected chi connectivity index (χ0v) is 38.0. The van der Waals surface area contributed by atoms with Crippen LogP contribution in [0.3, 0.4) is 0 Å². The van der Waals surface area contributed by atoms with E-state index >= 15 is 0 Å². The first kappa shape index (κ1) is 52.0. The van der Waals surface area contributed by atoms with Gasteiger partial charge >= 0.3 is 5.97 Å². The molecule has 1 amide bonds. The number of hydrogen-bond donors (Lipinski definition) is 2. The lowest BCUT2D eigenvalue weighted by molar-refractivity contribution is -0.174. The van der Waals surface area contributed by atoms with Crippen molar-refractivity contribution in [2.24, 2.45) is 11.8 Å². The summed E-state index contributed by atoms with van der Waals surface area (Å²) in [5.41, 5.74) is 0. The fourth-order valence-corrected chi connectivity index (χ4v) is 9.18. The third-order valence-electron chi connectivity index (χ3n) is 13.0. The molecule has 7 heteroatoms. The van der Waals surface area contributed by atoms with E-state index in [1.54, 1.807) is 0 Å². The van der Waals surface area contributed by atoms with Gasteiger partial charge in [-0.3, -0.25) is 9.59 Å². The van der Waals surface area contributed by atoms with Gasteiger partial charge in [-0.05, 0) is 57.8 Å². The maximum atomic E-state index is 13.9. The van der Waals surface area contributed by atoms with Crippen molar-refractivity contribution in [1.82, 2.24) is 5.32 Å². The summed E-state index contributed by atoms with van der Waals surface area (Å²) in [5, 5.41) is 12.8. The number of unbranched alkanes of at least 4 members (excludes halogenated alkanes) is 27. The molecule has 0 radical (unpaired) electrons. The molecule has 0 heterocycles. The van der Waals surface area contributed by atoms with E-state index in [0.29, 0.717) is 38.9 Å². The van der Waals surface area contributed by atoms with Crippen LogP contribution < -0.4 is 5.32 Å². The minimum Gasteiger partial charge on any atom is -0.481 e. The Labute approximate surface area is 353 Å². The van der Waals surface area contributed by atoms with Crippen LogP contribution in [0.5, 0.6) is 0 Å². The summed E-state index contributed by atoms with van der Waals surface area (Å²) in [5.74, 6) is -1.09. The summed E-state index contributed by atoms with van der Waals surface area (Å²) >= 11 is 0. The molecule has 2 fully saturated rings. The summed E-state index contributed by atoms with van der Waals surface area (Å²) in [6.07, 6.45) is 42.5. The largest absolute Gasteiger partial charge is 0.481 e. The maximum Gasteiger partial charge on any atom is 0.306 e. The lowest BCUT2D eigenvalue weighted by atomic mass is 9.81. The Kier molecular flexibility index (Phi) is 33.4. The zero-order chi connectivity index (χ0) is 41.0. The standard InChI is InChI=1S/C50H95NO6/c1-4-7-10-13-16-19-22-25-28-31-38-55-46-41-44(49(52)51-45-36-34-43(35-37-45)50(53)54)42-47(56-39-32-29-26-23-20-17-14-11-8-5-2)48(46)57-40-33-30-27-24-21-18-15-12-9-6-3/h43-48H,4-42H2,1-3H3,(H,51,52)(H,53,54). The minimum absolute atomic E-state index is 0.0513. The van der Waals surface area contributed by atoms with Gasteiger partial charge in [-0.15, -0.1) is 0 Å². The fourth-order valence-electron chi connectivity index (χ4n) is 9.18. The van der Waals surface area contributed by atoms with E-state index in [4.69, 9.17) is 14.2 Å². The molecule has 2 N–H and O–H groups in total. The van der Waals surface area contributed by atoms with Gasteiger partial charge in [-0.1, -0.05) is 194 Å². The van der Waals surface area contributed by atoms with Crippen LogP contribution >= 0.6 is 0 Å². The Balaban J connectivity index is 1.95. The van der Waals surface area contributed by atoms with E-state index in [1.807, 2.05) is 0 Å². The molecular weight excluding hydrogens is 711 g/mol. The van der Waals surface area contributed by atoms with Crippen molar-refractivity contribution in [3.05, 3.63) is 0 Å². The normalized spacial score (nSPS) is 22.5.